The Kier molecular flexibility index (Phi) is 4.91. The number of thiazole rings is 1. The van der Waals surface area contributed by atoms with Crippen molar-refractivity contribution in [3.05, 3.63) is 16.6 Å². The van der Waals surface area contributed by atoms with Gasteiger partial charge >= 0.3 is 0 Å². The van der Waals surface area contributed by atoms with Gasteiger partial charge in [-0.25, -0.2) is 4.98 Å². The van der Waals surface area contributed by atoms with Gasteiger partial charge in [0.1, 0.15) is 0 Å². The topological polar surface area (TPSA) is 45.6 Å². The summed E-state index contributed by atoms with van der Waals surface area (Å²) < 4.78 is 5.65. The number of aliphatic hydroxyl groups excluding tert-OH is 1. The average Bonchev–Trinajstić information content (AvgIpc) is 2.83. The summed E-state index contributed by atoms with van der Waals surface area (Å²) in [5, 5.41) is 13.1. The van der Waals surface area contributed by atoms with Crippen LogP contribution in [0.3, 0.4) is 0 Å². The first-order chi connectivity index (χ1) is 8.29. The Labute approximate surface area is 106 Å². The third-order valence-electron chi connectivity index (χ3n) is 3.01. The summed E-state index contributed by atoms with van der Waals surface area (Å²) in [5.41, 5.74) is 0. The van der Waals surface area contributed by atoms with Crippen LogP contribution in [0, 0.1) is 0 Å². The van der Waals surface area contributed by atoms with E-state index >= 15 is 0 Å². The molecule has 5 heteroatoms. The fraction of sp³-hybridized carbons (Fsp3) is 0.750. The minimum Gasteiger partial charge on any atom is -0.390 e. The lowest BCUT2D eigenvalue weighted by Crippen LogP contribution is -2.48. The zero-order valence-electron chi connectivity index (χ0n) is 10.2. The molecule has 0 bridgehead atoms. The molecule has 0 saturated carbocycles. The molecule has 4 nitrogen and oxygen atoms in total. The van der Waals surface area contributed by atoms with E-state index in [1.54, 1.807) is 17.5 Å². The molecule has 0 radical (unpaired) electrons. The van der Waals surface area contributed by atoms with Crippen LogP contribution in [0.4, 0.5) is 0 Å². The lowest BCUT2D eigenvalue weighted by molar-refractivity contribution is -0.0877. The van der Waals surface area contributed by atoms with Crippen molar-refractivity contribution in [1.82, 2.24) is 9.88 Å². The normalized spacial score (nSPS) is 23.8. The SMILES string of the molecule is CCCN1CCOC(C(O)Cc2nccs2)C1. The Morgan fingerprint density at radius 2 is 2.59 bits per heavy atom. The number of hydrogen-bond donors (Lipinski definition) is 1. The van der Waals surface area contributed by atoms with Crippen LogP contribution in [0.1, 0.15) is 18.4 Å². The Balaban J connectivity index is 1.84. The van der Waals surface area contributed by atoms with E-state index in [2.05, 4.69) is 16.8 Å². The van der Waals surface area contributed by atoms with Gasteiger partial charge in [0.2, 0.25) is 0 Å². The molecule has 1 aliphatic heterocycles. The Hall–Kier alpha value is -0.490. The number of hydrogen-bond acceptors (Lipinski definition) is 5. The van der Waals surface area contributed by atoms with Gasteiger partial charge in [-0.3, -0.25) is 4.90 Å². The number of rotatable bonds is 5. The molecule has 0 aliphatic carbocycles. The molecule has 1 aromatic heterocycles. The molecule has 1 fully saturated rings. The van der Waals surface area contributed by atoms with Crippen molar-refractivity contribution < 1.29 is 9.84 Å². The molecule has 2 unspecified atom stereocenters. The van der Waals surface area contributed by atoms with E-state index in [1.807, 2.05) is 5.38 Å². The van der Waals surface area contributed by atoms with Gasteiger partial charge in [0.05, 0.1) is 23.8 Å². The minimum atomic E-state index is -0.444. The van der Waals surface area contributed by atoms with Gasteiger partial charge in [-0.1, -0.05) is 6.92 Å². The van der Waals surface area contributed by atoms with Gasteiger partial charge in [0.15, 0.2) is 0 Å². The third kappa shape index (κ3) is 3.74. The standard InChI is InChI=1S/C12H20N2O2S/c1-2-4-14-5-6-16-11(9-14)10(15)8-12-13-3-7-17-12/h3,7,10-11,15H,2,4-6,8-9H2,1H3. The molecule has 0 amide bonds. The van der Waals surface area contributed by atoms with E-state index in [0.29, 0.717) is 6.42 Å². The smallest absolute Gasteiger partial charge is 0.0965 e. The lowest BCUT2D eigenvalue weighted by Gasteiger charge is -2.34. The fourth-order valence-electron chi connectivity index (χ4n) is 2.15. The van der Waals surface area contributed by atoms with Gasteiger partial charge in [-0.15, -0.1) is 11.3 Å². The van der Waals surface area contributed by atoms with Crippen molar-refractivity contribution in [3.63, 3.8) is 0 Å². The van der Waals surface area contributed by atoms with Crippen molar-refractivity contribution in [2.45, 2.75) is 32.0 Å². The maximum atomic E-state index is 10.1. The van der Waals surface area contributed by atoms with Crippen LogP contribution >= 0.6 is 11.3 Å². The first-order valence-electron chi connectivity index (χ1n) is 6.20. The summed E-state index contributed by atoms with van der Waals surface area (Å²) in [5.74, 6) is 0. The molecule has 2 rings (SSSR count). The fourth-order valence-corrected chi connectivity index (χ4v) is 2.82. The second-order valence-electron chi connectivity index (χ2n) is 4.41. The number of nitrogens with zero attached hydrogens (tertiary/aromatic N) is 2. The summed E-state index contributed by atoms with van der Waals surface area (Å²) >= 11 is 1.59. The van der Waals surface area contributed by atoms with Crippen molar-refractivity contribution in [2.24, 2.45) is 0 Å². The van der Waals surface area contributed by atoms with Crippen LogP contribution < -0.4 is 0 Å². The second-order valence-corrected chi connectivity index (χ2v) is 5.39. The molecular formula is C12H20N2O2S. The molecule has 1 aromatic rings. The zero-order chi connectivity index (χ0) is 12.1. The zero-order valence-corrected chi connectivity index (χ0v) is 11.0. The van der Waals surface area contributed by atoms with Crippen LogP contribution in [0.2, 0.25) is 0 Å². The highest BCUT2D eigenvalue weighted by Gasteiger charge is 2.26. The van der Waals surface area contributed by atoms with Crippen molar-refractivity contribution in [2.75, 3.05) is 26.2 Å². The summed E-state index contributed by atoms with van der Waals surface area (Å²) in [6.45, 7) is 5.80. The molecule has 1 N–H and O–H groups in total. The van der Waals surface area contributed by atoms with Gasteiger partial charge in [-0.2, -0.15) is 0 Å². The maximum Gasteiger partial charge on any atom is 0.0965 e. The number of ether oxygens (including phenoxy) is 1. The predicted octanol–water partition coefficient (Wildman–Crippen LogP) is 1.16. The van der Waals surface area contributed by atoms with Gasteiger partial charge < -0.3 is 9.84 Å². The highest BCUT2D eigenvalue weighted by molar-refractivity contribution is 7.09. The highest BCUT2D eigenvalue weighted by Crippen LogP contribution is 2.15. The molecule has 0 spiro atoms. The summed E-state index contributed by atoms with van der Waals surface area (Å²) in [4.78, 5) is 6.56. The molecular weight excluding hydrogens is 236 g/mol. The van der Waals surface area contributed by atoms with Crippen LogP contribution in [-0.4, -0.2) is 53.4 Å². The van der Waals surface area contributed by atoms with E-state index in [-0.39, 0.29) is 6.10 Å². The number of morpholine rings is 1. The average molecular weight is 256 g/mol. The molecule has 0 aromatic carbocycles. The third-order valence-corrected chi connectivity index (χ3v) is 3.82. The molecule has 2 heterocycles. The first-order valence-corrected chi connectivity index (χ1v) is 7.08. The van der Waals surface area contributed by atoms with Crippen molar-refractivity contribution in [1.29, 1.82) is 0 Å². The largest absolute Gasteiger partial charge is 0.390 e. The molecule has 1 saturated heterocycles. The predicted molar refractivity (Wildman–Crippen MR) is 68.3 cm³/mol. The maximum absolute atomic E-state index is 10.1. The molecule has 17 heavy (non-hydrogen) atoms. The lowest BCUT2D eigenvalue weighted by atomic mass is 10.1. The van der Waals surface area contributed by atoms with Gasteiger partial charge in [0, 0.05) is 31.1 Å². The molecule has 1 aliphatic rings. The van der Waals surface area contributed by atoms with Gasteiger partial charge in [-0.05, 0) is 13.0 Å². The first kappa shape index (κ1) is 13.0. The van der Waals surface area contributed by atoms with Crippen LogP contribution in [-0.2, 0) is 11.2 Å². The van der Waals surface area contributed by atoms with E-state index in [0.717, 1.165) is 37.7 Å². The van der Waals surface area contributed by atoms with E-state index < -0.39 is 6.10 Å². The Bertz CT molecular complexity index is 316. The monoisotopic (exact) mass is 256 g/mol. The van der Waals surface area contributed by atoms with E-state index in [4.69, 9.17) is 4.74 Å². The van der Waals surface area contributed by atoms with Crippen LogP contribution in [0.25, 0.3) is 0 Å². The minimum absolute atomic E-state index is 0.0702. The number of aromatic nitrogens is 1. The van der Waals surface area contributed by atoms with Crippen LogP contribution in [0.15, 0.2) is 11.6 Å². The Morgan fingerprint density at radius 1 is 1.71 bits per heavy atom. The highest BCUT2D eigenvalue weighted by atomic mass is 32.1. The Morgan fingerprint density at radius 3 is 3.29 bits per heavy atom. The van der Waals surface area contributed by atoms with E-state index in [1.165, 1.54) is 0 Å². The van der Waals surface area contributed by atoms with Crippen LogP contribution in [0.5, 0.6) is 0 Å². The number of aliphatic hydroxyl groups is 1. The summed E-state index contributed by atoms with van der Waals surface area (Å²) in [7, 11) is 0. The summed E-state index contributed by atoms with van der Waals surface area (Å²) in [6, 6.07) is 0. The molecule has 96 valence electrons. The quantitative estimate of drug-likeness (QED) is 0.858. The second kappa shape index (κ2) is 6.44. The van der Waals surface area contributed by atoms with Crippen molar-refractivity contribution >= 4 is 11.3 Å². The summed E-state index contributed by atoms with van der Waals surface area (Å²) in [6.07, 6.45) is 3.01. The van der Waals surface area contributed by atoms with E-state index in [9.17, 15) is 5.11 Å². The van der Waals surface area contributed by atoms with Crippen molar-refractivity contribution in [3.8, 4) is 0 Å². The van der Waals surface area contributed by atoms with Gasteiger partial charge in [0.25, 0.3) is 0 Å². The molecule has 2 atom stereocenters.